The van der Waals surface area contributed by atoms with E-state index in [2.05, 4.69) is 10.6 Å². The molecule has 0 aliphatic rings. The van der Waals surface area contributed by atoms with E-state index >= 15 is 0 Å². The fraction of sp³-hybridized carbons (Fsp3) is 0.833. The molecule has 0 spiro atoms. The van der Waals surface area contributed by atoms with Crippen molar-refractivity contribution >= 4 is 17.8 Å². The normalized spacial score (nSPS) is 15.1. The Morgan fingerprint density at radius 1 is 1.08 bits per heavy atom. The molecule has 0 rings (SSSR count). The molecule has 140 valence electrons. The molecule has 0 bridgehead atoms. The molecule has 24 heavy (non-hydrogen) atoms. The second-order valence-corrected chi connectivity index (χ2v) is 7.54. The average molecular weight is 342 g/mol. The number of methoxy groups -OCH3 is 1. The molecule has 0 unspecified atom stereocenters. The van der Waals surface area contributed by atoms with Crippen molar-refractivity contribution in [3.05, 3.63) is 0 Å². The minimum absolute atomic E-state index is 0.0335. The molecule has 0 aliphatic heterocycles. The number of rotatable bonds is 9. The minimum atomic E-state index is -0.682. The summed E-state index contributed by atoms with van der Waals surface area (Å²) in [4.78, 5) is 36.6. The van der Waals surface area contributed by atoms with Crippen LogP contribution in [0.25, 0.3) is 0 Å². The zero-order valence-corrected chi connectivity index (χ0v) is 16.2. The number of ether oxygens (including phenoxy) is 1. The lowest BCUT2D eigenvalue weighted by Crippen LogP contribution is -2.54. The monoisotopic (exact) mass is 342 g/mol. The Morgan fingerprint density at radius 3 is 2.08 bits per heavy atom. The van der Waals surface area contributed by atoms with E-state index in [-0.39, 0.29) is 23.1 Å². The summed E-state index contributed by atoms with van der Waals surface area (Å²) in [7, 11) is 1.30. The molecule has 2 amide bonds. The molecule has 0 saturated heterocycles. The smallest absolute Gasteiger partial charge is 0.328 e. The molecule has 0 radical (unpaired) electrons. The summed E-state index contributed by atoms with van der Waals surface area (Å²) in [5.74, 6) is -0.994. The first-order valence-electron chi connectivity index (χ1n) is 8.73. The third kappa shape index (κ3) is 8.31. The van der Waals surface area contributed by atoms with Gasteiger partial charge in [0.05, 0.1) is 7.11 Å². The van der Waals surface area contributed by atoms with Crippen LogP contribution in [0, 0.1) is 11.3 Å². The minimum Gasteiger partial charge on any atom is -0.467 e. The number of amides is 2. The Bertz CT molecular complexity index is 429. The van der Waals surface area contributed by atoms with Gasteiger partial charge >= 0.3 is 5.97 Å². The lowest BCUT2D eigenvalue weighted by Gasteiger charge is -2.27. The molecule has 0 aromatic heterocycles. The number of carbonyl (C=O) groups excluding carboxylic acids is 3. The van der Waals surface area contributed by atoms with Crippen LogP contribution in [0.2, 0.25) is 0 Å². The van der Waals surface area contributed by atoms with Gasteiger partial charge in [0.2, 0.25) is 11.8 Å². The number of carbonyl (C=O) groups is 3. The summed E-state index contributed by atoms with van der Waals surface area (Å²) in [6.07, 6.45) is 2.32. The van der Waals surface area contributed by atoms with Crippen molar-refractivity contribution in [2.24, 2.45) is 11.3 Å². The van der Waals surface area contributed by atoms with Gasteiger partial charge in [0.1, 0.15) is 12.1 Å². The van der Waals surface area contributed by atoms with Crippen LogP contribution in [0.15, 0.2) is 0 Å². The summed E-state index contributed by atoms with van der Waals surface area (Å²) in [6, 6.07) is -1.34. The van der Waals surface area contributed by atoms with Gasteiger partial charge in [0, 0.05) is 6.42 Å². The maximum absolute atomic E-state index is 12.6. The number of nitrogens with one attached hydrogen (secondary N) is 2. The van der Waals surface area contributed by atoms with Gasteiger partial charge in [-0.05, 0) is 17.8 Å². The fourth-order valence-corrected chi connectivity index (χ4v) is 2.35. The van der Waals surface area contributed by atoms with Crippen LogP contribution in [0.1, 0.15) is 67.2 Å². The highest BCUT2D eigenvalue weighted by atomic mass is 16.5. The lowest BCUT2D eigenvalue weighted by atomic mass is 9.91. The molecule has 0 aromatic carbocycles. The topological polar surface area (TPSA) is 84.5 Å². The van der Waals surface area contributed by atoms with E-state index in [0.29, 0.717) is 12.8 Å². The van der Waals surface area contributed by atoms with Gasteiger partial charge in [-0.25, -0.2) is 4.79 Å². The van der Waals surface area contributed by atoms with Crippen LogP contribution in [-0.4, -0.2) is 37.0 Å². The zero-order valence-electron chi connectivity index (χ0n) is 16.2. The SMILES string of the molecule is CCC[C@H](NC(=O)[C@@H](NC(=O)CC(C)(C)C)[C@@H](C)CC)C(=O)OC. The molecular weight excluding hydrogens is 308 g/mol. The van der Waals surface area contributed by atoms with Crippen molar-refractivity contribution in [3.8, 4) is 0 Å². The van der Waals surface area contributed by atoms with Crippen LogP contribution in [0.4, 0.5) is 0 Å². The van der Waals surface area contributed by atoms with E-state index in [0.717, 1.165) is 12.8 Å². The van der Waals surface area contributed by atoms with Gasteiger partial charge in [0.15, 0.2) is 0 Å². The van der Waals surface area contributed by atoms with E-state index < -0.39 is 18.1 Å². The van der Waals surface area contributed by atoms with Gasteiger partial charge in [-0.3, -0.25) is 9.59 Å². The van der Waals surface area contributed by atoms with Crippen LogP contribution in [0.3, 0.4) is 0 Å². The van der Waals surface area contributed by atoms with Crippen LogP contribution in [0.5, 0.6) is 0 Å². The Hall–Kier alpha value is -1.59. The quantitative estimate of drug-likeness (QED) is 0.630. The maximum atomic E-state index is 12.6. The Labute approximate surface area is 146 Å². The fourth-order valence-electron chi connectivity index (χ4n) is 2.35. The molecule has 0 fully saturated rings. The molecule has 6 heteroatoms. The summed E-state index contributed by atoms with van der Waals surface area (Å²) in [6.45, 7) is 11.7. The molecule has 0 heterocycles. The van der Waals surface area contributed by atoms with Crippen molar-refractivity contribution in [2.75, 3.05) is 7.11 Å². The van der Waals surface area contributed by atoms with Crippen molar-refractivity contribution in [1.82, 2.24) is 10.6 Å². The predicted molar refractivity (Wildman–Crippen MR) is 94.3 cm³/mol. The second-order valence-electron chi connectivity index (χ2n) is 7.54. The maximum Gasteiger partial charge on any atom is 0.328 e. The first-order chi connectivity index (χ1) is 11.1. The van der Waals surface area contributed by atoms with E-state index in [4.69, 9.17) is 4.74 Å². The zero-order chi connectivity index (χ0) is 18.9. The average Bonchev–Trinajstić information content (AvgIpc) is 2.48. The molecule has 0 aromatic rings. The largest absolute Gasteiger partial charge is 0.467 e. The van der Waals surface area contributed by atoms with Gasteiger partial charge in [-0.2, -0.15) is 0 Å². The van der Waals surface area contributed by atoms with E-state index in [1.807, 2.05) is 41.5 Å². The predicted octanol–water partition coefficient (Wildman–Crippen LogP) is 2.41. The van der Waals surface area contributed by atoms with Crippen molar-refractivity contribution in [2.45, 2.75) is 79.3 Å². The Balaban J connectivity index is 5.06. The van der Waals surface area contributed by atoms with Gasteiger partial charge in [-0.15, -0.1) is 0 Å². The van der Waals surface area contributed by atoms with Crippen molar-refractivity contribution in [3.63, 3.8) is 0 Å². The molecule has 3 atom stereocenters. The standard InChI is InChI=1S/C18H34N2O4/c1-8-10-13(17(23)24-7)19-16(22)15(12(3)9-2)20-14(21)11-18(4,5)6/h12-13,15H,8-11H2,1-7H3,(H,19,22)(H,20,21)/t12-,13-,15-/m0/s1. The van der Waals surface area contributed by atoms with Crippen LogP contribution < -0.4 is 10.6 Å². The number of hydrogen-bond donors (Lipinski definition) is 2. The lowest BCUT2D eigenvalue weighted by molar-refractivity contribution is -0.145. The highest BCUT2D eigenvalue weighted by Gasteiger charge is 2.30. The highest BCUT2D eigenvalue weighted by molar-refractivity contribution is 5.91. The van der Waals surface area contributed by atoms with Gasteiger partial charge < -0.3 is 15.4 Å². The third-order valence-corrected chi connectivity index (χ3v) is 3.88. The van der Waals surface area contributed by atoms with E-state index in [1.165, 1.54) is 7.11 Å². The first-order valence-corrected chi connectivity index (χ1v) is 8.73. The Morgan fingerprint density at radius 2 is 1.67 bits per heavy atom. The summed E-state index contributed by atoms with van der Waals surface area (Å²) >= 11 is 0. The highest BCUT2D eigenvalue weighted by Crippen LogP contribution is 2.19. The summed E-state index contributed by atoms with van der Waals surface area (Å²) < 4.78 is 4.74. The number of hydrogen-bond acceptors (Lipinski definition) is 4. The van der Waals surface area contributed by atoms with Crippen molar-refractivity contribution < 1.29 is 19.1 Å². The molecule has 0 aliphatic carbocycles. The summed E-state index contributed by atoms with van der Waals surface area (Å²) in [5, 5.41) is 5.55. The third-order valence-electron chi connectivity index (χ3n) is 3.88. The molecule has 6 nitrogen and oxygen atoms in total. The van der Waals surface area contributed by atoms with Gasteiger partial charge in [-0.1, -0.05) is 54.4 Å². The van der Waals surface area contributed by atoms with Crippen LogP contribution in [-0.2, 0) is 19.1 Å². The summed E-state index contributed by atoms with van der Waals surface area (Å²) in [5.41, 5.74) is -0.155. The van der Waals surface area contributed by atoms with Gasteiger partial charge in [0.25, 0.3) is 0 Å². The van der Waals surface area contributed by atoms with Crippen molar-refractivity contribution in [1.29, 1.82) is 0 Å². The van der Waals surface area contributed by atoms with Crippen LogP contribution >= 0.6 is 0 Å². The Kier molecular flexibility index (Phi) is 9.63. The molecular formula is C18H34N2O4. The molecule has 0 saturated carbocycles. The van der Waals surface area contributed by atoms with E-state index in [1.54, 1.807) is 0 Å². The second kappa shape index (κ2) is 10.3. The first kappa shape index (κ1) is 22.4. The molecule has 2 N–H and O–H groups in total. The number of esters is 1. The van der Waals surface area contributed by atoms with E-state index in [9.17, 15) is 14.4 Å².